The standard InChI is InChI=1S/C17H23FN4/c1-2-3-9-21-11-8-20-17(21)14-5-4-10-22(13-14)16-6-7-19-12-15(16)18/h6-8,11-12,14H,2-5,9-10,13H2,1H3. The lowest BCUT2D eigenvalue weighted by molar-refractivity contribution is 0.461. The van der Waals surface area contributed by atoms with Gasteiger partial charge in [0.05, 0.1) is 11.9 Å². The van der Waals surface area contributed by atoms with Crippen molar-refractivity contribution in [1.82, 2.24) is 14.5 Å². The predicted octanol–water partition coefficient (Wildman–Crippen LogP) is 3.60. The third-order valence-corrected chi connectivity index (χ3v) is 4.38. The van der Waals surface area contributed by atoms with E-state index >= 15 is 0 Å². The van der Waals surface area contributed by atoms with Crippen molar-refractivity contribution in [2.75, 3.05) is 18.0 Å². The molecule has 0 saturated carbocycles. The van der Waals surface area contributed by atoms with E-state index in [1.54, 1.807) is 12.3 Å². The second-order valence-corrected chi connectivity index (χ2v) is 5.94. The Bertz CT molecular complexity index is 610. The van der Waals surface area contributed by atoms with Gasteiger partial charge in [-0.1, -0.05) is 13.3 Å². The van der Waals surface area contributed by atoms with Crippen molar-refractivity contribution >= 4 is 5.69 Å². The molecular formula is C17H23FN4. The number of aryl methyl sites for hydroxylation is 1. The Hall–Kier alpha value is -1.91. The second kappa shape index (κ2) is 6.90. The van der Waals surface area contributed by atoms with Crippen LogP contribution < -0.4 is 4.90 Å². The van der Waals surface area contributed by atoms with Gasteiger partial charge < -0.3 is 9.47 Å². The summed E-state index contributed by atoms with van der Waals surface area (Å²) in [7, 11) is 0. The number of pyridine rings is 1. The molecule has 0 amide bonds. The van der Waals surface area contributed by atoms with Crippen molar-refractivity contribution in [3.63, 3.8) is 0 Å². The first kappa shape index (κ1) is 15.0. The van der Waals surface area contributed by atoms with E-state index in [9.17, 15) is 4.39 Å². The van der Waals surface area contributed by atoms with Gasteiger partial charge in [0.25, 0.3) is 0 Å². The van der Waals surface area contributed by atoms with E-state index in [2.05, 4.69) is 32.6 Å². The van der Waals surface area contributed by atoms with Crippen molar-refractivity contribution in [1.29, 1.82) is 0 Å². The van der Waals surface area contributed by atoms with Crippen molar-refractivity contribution in [2.45, 2.75) is 45.1 Å². The molecule has 1 aliphatic heterocycles. The minimum absolute atomic E-state index is 0.238. The maximum Gasteiger partial charge on any atom is 0.164 e. The van der Waals surface area contributed by atoms with E-state index in [1.165, 1.54) is 19.0 Å². The van der Waals surface area contributed by atoms with Crippen LogP contribution >= 0.6 is 0 Å². The van der Waals surface area contributed by atoms with Crippen LogP contribution in [0.25, 0.3) is 0 Å². The third kappa shape index (κ3) is 3.13. The molecule has 118 valence electrons. The van der Waals surface area contributed by atoms with Crippen LogP contribution in [0.4, 0.5) is 10.1 Å². The quantitative estimate of drug-likeness (QED) is 0.846. The predicted molar refractivity (Wildman–Crippen MR) is 85.5 cm³/mol. The van der Waals surface area contributed by atoms with E-state index in [1.807, 2.05) is 6.20 Å². The number of rotatable bonds is 5. The summed E-state index contributed by atoms with van der Waals surface area (Å²) in [4.78, 5) is 10.5. The zero-order valence-electron chi connectivity index (χ0n) is 13.1. The zero-order chi connectivity index (χ0) is 15.4. The minimum Gasteiger partial charge on any atom is -0.368 e. The van der Waals surface area contributed by atoms with Crippen molar-refractivity contribution in [3.8, 4) is 0 Å². The number of unbranched alkanes of at least 4 members (excludes halogenated alkanes) is 1. The molecule has 0 aromatic carbocycles. The summed E-state index contributed by atoms with van der Waals surface area (Å²) in [5, 5.41) is 0. The van der Waals surface area contributed by atoms with Gasteiger partial charge in [0, 0.05) is 44.1 Å². The average Bonchev–Trinajstić information content (AvgIpc) is 3.02. The number of halogens is 1. The Balaban J connectivity index is 1.76. The van der Waals surface area contributed by atoms with Crippen LogP contribution in [0.2, 0.25) is 0 Å². The van der Waals surface area contributed by atoms with Crippen LogP contribution in [0.3, 0.4) is 0 Å². The molecule has 2 aromatic rings. The summed E-state index contributed by atoms with van der Waals surface area (Å²) >= 11 is 0. The van der Waals surface area contributed by atoms with Gasteiger partial charge in [0.2, 0.25) is 0 Å². The molecule has 0 aliphatic carbocycles. The number of aromatic nitrogens is 3. The van der Waals surface area contributed by atoms with Crippen LogP contribution in [0, 0.1) is 5.82 Å². The SMILES string of the molecule is CCCCn1ccnc1C1CCCN(c2ccncc2F)C1. The molecule has 5 heteroatoms. The lowest BCUT2D eigenvalue weighted by atomic mass is 9.96. The summed E-state index contributed by atoms with van der Waals surface area (Å²) in [6.07, 6.45) is 11.4. The van der Waals surface area contributed by atoms with E-state index in [-0.39, 0.29) is 5.82 Å². The summed E-state index contributed by atoms with van der Waals surface area (Å²) < 4.78 is 16.2. The van der Waals surface area contributed by atoms with Crippen molar-refractivity contribution < 1.29 is 4.39 Å². The number of nitrogens with zero attached hydrogens (tertiary/aromatic N) is 4. The number of piperidine rings is 1. The Labute approximate surface area is 131 Å². The molecule has 0 spiro atoms. The van der Waals surface area contributed by atoms with Crippen LogP contribution in [0.1, 0.15) is 44.3 Å². The summed E-state index contributed by atoms with van der Waals surface area (Å²) in [6.45, 7) is 4.94. The molecular weight excluding hydrogens is 279 g/mol. The molecule has 0 radical (unpaired) electrons. The molecule has 1 saturated heterocycles. The van der Waals surface area contributed by atoms with Crippen LogP contribution in [-0.2, 0) is 6.54 Å². The molecule has 0 N–H and O–H groups in total. The molecule has 1 atom stereocenters. The molecule has 3 rings (SSSR count). The van der Waals surface area contributed by atoms with Gasteiger partial charge in [-0.25, -0.2) is 9.37 Å². The molecule has 1 unspecified atom stereocenters. The maximum absolute atomic E-state index is 14.0. The lowest BCUT2D eigenvalue weighted by Crippen LogP contribution is -2.36. The summed E-state index contributed by atoms with van der Waals surface area (Å²) in [5.41, 5.74) is 0.659. The van der Waals surface area contributed by atoms with Crippen LogP contribution in [-0.4, -0.2) is 27.6 Å². The van der Waals surface area contributed by atoms with E-state index in [4.69, 9.17) is 0 Å². The molecule has 1 aliphatic rings. The summed E-state index contributed by atoms with van der Waals surface area (Å²) in [5.74, 6) is 1.28. The Morgan fingerprint density at radius 3 is 3.09 bits per heavy atom. The highest BCUT2D eigenvalue weighted by Gasteiger charge is 2.26. The van der Waals surface area contributed by atoms with E-state index < -0.39 is 0 Å². The van der Waals surface area contributed by atoms with Crippen molar-refractivity contribution in [3.05, 3.63) is 42.5 Å². The van der Waals surface area contributed by atoms with Gasteiger partial charge >= 0.3 is 0 Å². The van der Waals surface area contributed by atoms with Gasteiger partial charge in [0.1, 0.15) is 5.82 Å². The smallest absolute Gasteiger partial charge is 0.164 e. The topological polar surface area (TPSA) is 34.0 Å². The molecule has 0 bridgehead atoms. The number of imidazole rings is 1. The Morgan fingerprint density at radius 1 is 1.36 bits per heavy atom. The Morgan fingerprint density at radius 2 is 2.27 bits per heavy atom. The fourth-order valence-corrected chi connectivity index (χ4v) is 3.23. The van der Waals surface area contributed by atoms with Crippen molar-refractivity contribution in [2.24, 2.45) is 0 Å². The fourth-order valence-electron chi connectivity index (χ4n) is 3.23. The largest absolute Gasteiger partial charge is 0.368 e. The van der Waals surface area contributed by atoms with Crippen LogP contribution in [0.5, 0.6) is 0 Å². The monoisotopic (exact) mass is 302 g/mol. The fraction of sp³-hybridized carbons (Fsp3) is 0.529. The summed E-state index contributed by atoms with van der Waals surface area (Å²) in [6, 6.07) is 1.77. The molecule has 1 fully saturated rings. The highest BCUT2D eigenvalue weighted by atomic mass is 19.1. The first-order valence-corrected chi connectivity index (χ1v) is 8.15. The average molecular weight is 302 g/mol. The first-order valence-electron chi connectivity index (χ1n) is 8.15. The molecule has 2 aromatic heterocycles. The zero-order valence-corrected chi connectivity index (χ0v) is 13.1. The second-order valence-electron chi connectivity index (χ2n) is 5.94. The Kier molecular flexibility index (Phi) is 4.71. The molecule has 4 nitrogen and oxygen atoms in total. The third-order valence-electron chi connectivity index (χ3n) is 4.38. The number of anilines is 1. The minimum atomic E-state index is -0.238. The lowest BCUT2D eigenvalue weighted by Gasteiger charge is -2.34. The number of hydrogen-bond acceptors (Lipinski definition) is 3. The van der Waals surface area contributed by atoms with E-state index in [0.717, 1.165) is 38.3 Å². The first-order chi connectivity index (χ1) is 10.8. The highest BCUT2D eigenvalue weighted by Crippen LogP contribution is 2.30. The molecule has 3 heterocycles. The van der Waals surface area contributed by atoms with Crippen LogP contribution in [0.15, 0.2) is 30.9 Å². The van der Waals surface area contributed by atoms with Gasteiger partial charge in [-0.05, 0) is 25.3 Å². The van der Waals surface area contributed by atoms with E-state index in [0.29, 0.717) is 11.6 Å². The number of hydrogen-bond donors (Lipinski definition) is 0. The van der Waals surface area contributed by atoms with Gasteiger partial charge in [-0.15, -0.1) is 0 Å². The highest BCUT2D eigenvalue weighted by molar-refractivity contribution is 5.47. The van der Waals surface area contributed by atoms with Gasteiger partial charge in [-0.2, -0.15) is 0 Å². The normalized spacial score (nSPS) is 18.6. The molecule has 22 heavy (non-hydrogen) atoms. The van der Waals surface area contributed by atoms with Gasteiger partial charge in [0.15, 0.2) is 5.82 Å². The maximum atomic E-state index is 14.0. The van der Waals surface area contributed by atoms with Gasteiger partial charge in [-0.3, -0.25) is 4.98 Å².